The van der Waals surface area contributed by atoms with Crippen LogP contribution >= 0.6 is 0 Å². The van der Waals surface area contributed by atoms with Gasteiger partial charge >= 0.3 is 0 Å². The minimum atomic E-state index is 0.571. The van der Waals surface area contributed by atoms with Gasteiger partial charge in [0.2, 0.25) is 0 Å². The van der Waals surface area contributed by atoms with Crippen molar-refractivity contribution in [1.82, 2.24) is 24.8 Å². The number of aromatic nitrogens is 3. The standard InChI is InChI=1S/C17H25N5/c1-21-11-3-4-14(21)12-22-16(13-6-9-18-10-7-13)20-15-5-2-8-19-17(15)22/h2,5,8,13-14,18H,3-4,6-7,9-12H2,1H3. The van der Waals surface area contributed by atoms with E-state index in [0.29, 0.717) is 12.0 Å². The zero-order valence-corrected chi connectivity index (χ0v) is 13.3. The number of nitrogens with one attached hydrogen (secondary N) is 1. The summed E-state index contributed by atoms with van der Waals surface area (Å²) in [5.74, 6) is 1.83. The van der Waals surface area contributed by atoms with Gasteiger partial charge in [-0.25, -0.2) is 9.97 Å². The molecule has 0 bridgehead atoms. The summed E-state index contributed by atoms with van der Waals surface area (Å²) in [6, 6.07) is 4.72. The highest BCUT2D eigenvalue weighted by atomic mass is 15.2. The molecule has 22 heavy (non-hydrogen) atoms. The van der Waals surface area contributed by atoms with Crippen LogP contribution in [-0.4, -0.2) is 52.2 Å². The normalized spacial score (nSPS) is 24.3. The second kappa shape index (κ2) is 5.97. The molecule has 2 aromatic rings. The van der Waals surface area contributed by atoms with Gasteiger partial charge in [0.25, 0.3) is 0 Å². The van der Waals surface area contributed by atoms with E-state index < -0.39 is 0 Å². The van der Waals surface area contributed by atoms with Crippen LogP contribution in [0, 0.1) is 0 Å². The Labute approximate surface area is 131 Å². The van der Waals surface area contributed by atoms with Crippen molar-refractivity contribution in [3.05, 3.63) is 24.2 Å². The third-order valence-corrected chi connectivity index (χ3v) is 5.30. The van der Waals surface area contributed by atoms with E-state index in [1.165, 1.54) is 38.1 Å². The molecule has 2 aromatic heterocycles. The molecule has 1 N–H and O–H groups in total. The van der Waals surface area contributed by atoms with E-state index in [1.54, 1.807) is 0 Å². The average molecular weight is 299 g/mol. The molecule has 0 aliphatic carbocycles. The summed E-state index contributed by atoms with van der Waals surface area (Å²) < 4.78 is 2.41. The first-order valence-electron chi connectivity index (χ1n) is 8.55. The predicted octanol–water partition coefficient (Wildman–Crippen LogP) is 1.99. The monoisotopic (exact) mass is 299 g/mol. The van der Waals surface area contributed by atoms with Crippen LogP contribution in [0.4, 0.5) is 0 Å². The Morgan fingerprint density at radius 2 is 2.14 bits per heavy atom. The van der Waals surface area contributed by atoms with Gasteiger partial charge in [0.15, 0.2) is 5.65 Å². The van der Waals surface area contributed by atoms with Gasteiger partial charge in [-0.3, -0.25) is 0 Å². The van der Waals surface area contributed by atoms with Crippen LogP contribution < -0.4 is 5.32 Å². The Hall–Kier alpha value is -1.46. The number of likely N-dealkylation sites (tertiary alicyclic amines) is 1. The topological polar surface area (TPSA) is 46.0 Å². The van der Waals surface area contributed by atoms with Gasteiger partial charge in [-0.1, -0.05) is 0 Å². The van der Waals surface area contributed by atoms with Crippen molar-refractivity contribution < 1.29 is 0 Å². The molecule has 4 heterocycles. The highest BCUT2D eigenvalue weighted by Crippen LogP contribution is 2.29. The largest absolute Gasteiger partial charge is 0.317 e. The fraction of sp³-hybridized carbons (Fsp3) is 0.647. The SMILES string of the molecule is CN1CCCC1Cn1c(C2CCNCC2)nc2cccnc21. The second-order valence-electron chi connectivity index (χ2n) is 6.73. The molecule has 2 aliphatic rings. The maximum absolute atomic E-state index is 4.96. The summed E-state index contributed by atoms with van der Waals surface area (Å²) in [5, 5.41) is 3.46. The van der Waals surface area contributed by atoms with Gasteiger partial charge in [-0.2, -0.15) is 0 Å². The molecule has 5 nitrogen and oxygen atoms in total. The van der Waals surface area contributed by atoms with E-state index in [1.807, 2.05) is 12.3 Å². The molecule has 4 rings (SSSR count). The molecule has 0 saturated carbocycles. The average Bonchev–Trinajstić information content (AvgIpc) is 3.13. The highest BCUT2D eigenvalue weighted by molar-refractivity contribution is 5.71. The summed E-state index contributed by atoms with van der Waals surface area (Å²) in [5.41, 5.74) is 2.12. The van der Waals surface area contributed by atoms with Crippen LogP contribution in [0.3, 0.4) is 0 Å². The molecule has 0 radical (unpaired) electrons. The van der Waals surface area contributed by atoms with Crippen LogP contribution in [0.25, 0.3) is 11.2 Å². The highest BCUT2D eigenvalue weighted by Gasteiger charge is 2.27. The van der Waals surface area contributed by atoms with Gasteiger partial charge in [0.1, 0.15) is 11.3 Å². The molecule has 0 amide bonds. The lowest BCUT2D eigenvalue weighted by molar-refractivity contribution is 0.278. The molecule has 1 atom stereocenters. The number of pyridine rings is 1. The van der Waals surface area contributed by atoms with Gasteiger partial charge in [0.05, 0.1) is 0 Å². The van der Waals surface area contributed by atoms with E-state index in [-0.39, 0.29) is 0 Å². The number of nitrogens with zero attached hydrogens (tertiary/aromatic N) is 4. The predicted molar refractivity (Wildman–Crippen MR) is 88.0 cm³/mol. The molecule has 2 aliphatic heterocycles. The summed E-state index contributed by atoms with van der Waals surface area (Å²) >= 11 is 0. The van der Waals surface area contributed by atoms with E-state index in [9.17, 15) is 0 Å². The van der Waals surface area contributed by atoms with Crippen molar-refractivity contribution in [3.63, 3.8) is 0 Å². The maximum atomic E-state index is 4.96. The lowest BCUT2D eigenvalue weighted by Crippen LogP contribution is -2.32. The molecule has 118 valence electrons. The third kappa shape index (κ3) is 2.52. The van der Waals surface area contributed by atoms with E-state index in [4.69, 9.17) is 4.98 Å². The Morgan fingerprint density at radius 1 is 1.27 bits per heavy atom. The van der Waals surface area contributed by atoms with Crippen LogP contribution in [0.5, 0.6) is 0 Å². The quantitative estimate of drug-likeness (QED) is 0.941. The van der Waals surface area contributed by atoms with Gasteiger partial charge in [-0.05, 0) is 64.5 Å². The molecular formula is C17H25N5. The van der Waals surface area contributed by atoms with Crippen molar-refractivity contribution in [1.29, 1.82) is 0 Å². The van der Waals surface area contributed by atoms with E-state index >= 15 is 0 Å². The minimum Gasteiger partial charge on any atom is -0.317 e. The summed E-state index contributed by atoms with van der Waals surface area (Å²) in [7, 11) is 2.24. The smallest absolute Gasteiger partial charge is 0.160 e. The van der Waals surface area contributed by atoms with Gasteiger partial charge < -0.3 is 14.8 Å². The van der Waals surface area contributed by atoms with Crippen LogP contribution in [0.15, 0.2) is 18.3 Å². The third-order valence-electron chi connectivity index (χ3n) is 5.30. The lowest BCUT2D eigenvalue weighted by atomic mass is 9.97. The molecule has 5 heteroatoms. The van der Waals surface area contributed by atoms with E-state index in [0.717, 1.165) is 30.8 Å². The minimum absolute atomic E-state index is 0.571. The van der Waals surface area contributed by atoms with E-state index in [2.05, 4.69) is 32.9 Å². The Bertz CT molecular complexity index is 644. The zero-order chi connectivity index (χ0) is 14.9. The molecular weight excluding hydrogens is 274 g/mol. The first-order chi connectivity index (χ1) is 10.8. The summed E-state index contributed by atoms with van der Waals surface area (Å²) in [4.78, 5) is 12.1. The molecule has 0 aromatic carbocycles. The first kappa shape index (κ1) is 14.2. The van der Waals surface area contributed by atoms with Crippen molar-refractivity contribution in [3.8, 4) is 0 Å². The molecule has 2 fully saturated rings. The first-order valence-corrected chi connectivity index (χ1v) is 8.55. The molecule has 2 saturated heterocycles. The van der Waals surface area contributed by atoms with Crippen molar-refractivity contribution in [2.24, 2.45) is 0 Å². The number of likely N-dealkylation sites (N-methyl/N-ethyl adjacent to an activating group) is 1. The fourth-order valence-electron chi connectivity index (χ4n) is 3.97. The Balaban J connectivity index is 1.72. The number of rotatable bonds is 3. The van der Waals surface area contributed by atoms with Crippen molar-refractivity contribution in [2.75, 3.05) is 26.7 Å². The Morgan fingerprint density at radius 3 is 2.91 bits per heavy atom. The molecule has 1 unspecified atom stereocenters. The maximum Gasteiger partial charge on any atom is 0.160 e. The second-order valence-corrected chi connectivity index (χ2v) is 6.73. The van der Waals surface area contributed by atoms with Crippen molar-refractivity contribution in [2.45, 2.75) is 44.2 Å². The van der Waals surface area contributed by atoms with Crippen LogP contribution in [0.1, 0.15) is 37.4 Å². The summed E-state index contributed by atoms with van der Waals surface area (Å²) in [6.07, 6.45) is 6.86. The number of hydrogen-bond acceptors (Lipinski definition) is 4. The van der Waals surface area contributed by atoms with Crippen LogP contribution in [0.2, 0.25) is 0 Å². The van der Waals surface area contributed by atoms with Gasteiger partial charge in [0, 0.05) is 24.7 Å². The number of piperidine rings is 1. The lowest BCUT2D eigenvalue weighted by Gasteiger charge is -2.26. The zero-order valence-electron chi connectivity index (χ0n) is 13.3. The van der Waals surface area contributed by atoms with Crippen LogP contribution in [-0.2, 0) is 6.54 Å². The molecule has 0 spiro atoms. The number of imidazole rings is 1. The van der Waals surface area contributed by atoms with Crippen molar-refractivity contribution >= 4 is 11.2 Å². The number of hydrogen-bond donors (Lipinski definition) is 1. The van der Waals surface area contributed by atoms with Gasteiger partial charge in [-0.15, -0.1) is 0 Å². The number of fused-ring (bicyclic) bond motifs is 1. The summed E-state index contributed by atoms with van der Waals surface area (Å²) in [6.45, 7) is 4.45. The fourth-order valence-corrected chi connectivity index (χ4v) is 3.97. The Kier molecular flexibility index (Phi) is 3.84.